The van der Waals surface area contributed by atoms with Crippen molar-refractivity contribution in [2.75, 3.05) is 0 Å². The summed E-state index contributed by atoms with van der Waals surface area (Å²) in [5, 5.41) is 9.98. The van der Waals surface area contributed by atoms with Crippen LogP contribution >= 0.6 is 0 Å². The van der Waals surface area contributed by atoms with Crippen molar-refractivity contribution in [2.24, 2.45) is 0 Å². The van der Waals surface area contributed by atoms with Crippen LogP contribution in [0.2, 0.25) is 0 Å². The average Bonchev–Trinajstić information content (AvgIpc) is 3.31. The van der Waals surface area contributed by atoms with Crippen molar-refractivity contribution in [2.45, 2.75) is 0 Å². The predicted molar refractivity (Wildman–Crippen MR) is 247 cm³/mol. The fourth-order valence-corrected chi connectivity index (χ4v) is 8.91. The Balaban J connectivity index is 1.21. The molecule has 270 valence electrons. The van der Waals surface area contributed by atoms with Gasteiger partial charge in [0, 0.05) is 11.1 Å². The number of hydrogen-bond donors (Lipinski definition) is 0. The highest BCUT2D eigenvalue weighted by atomic mass is 14.7. The summed E-state index contributed by atoms with van der Waals surface area (Å²) >= 11 is 0. The van der Waals surface area contributed by atoms with Gasteiger partial charge in [-0.25, -0.2) is 4.98 Å². The molecule has 1 heteroatoms. The lowest BCUT2D eigenvalue weighted by Gasteiger charge is -2.20. The summed E-state index contributed by atoms with van der Waals surface area (Å²) in [5.74, 6) is 0. The summed E-state index contributed by atoms with van der Waals surface area (Å²) < 4.78 is 0. The van der Waals surface area contributed by atoms with E-state index in [1.165, 1.54) is 76.5 Å². The Hall–Kier alpha value is -7.61. The second kappa shape index (κ2) is 14.2. The molecule has 0 aliphatic rings. The molecule has 0 atom stereocenters. The Morgan fingerprint density at radius 3 is 1.21 bits per heavy atom. The minimum absolute atomic E-state index is 0.956. The molecule has 0 aliphatic heterocycles. The van der Waals surface area contributed by atoms with Gasteiger partial charge in [-0.1, -0.05) is 194 Å². The third-order valence-corrected chi connectivity index (χ3v) is 11.6. The zero-order valence-corrected chi connectivity index (χ0v) is 31.8. The van der Waals surface area contributed by atoms with Gasteiger partial charge in [-0.05, 0) is 118 Å². The normalized spacial score (nSPS) is 11.4. The fraction of sp³-hybridized carbons (Fsp3) is 0. The average molecular weight is 736 g/mol. The van der Waals surface area contributed by atoms with E-state index in [1.807, 2.05) is 0 Å². The van der Waals surface area contributed by atoms with E-state index in [1.54, 1.807) is 0 Å². The van der Waals surface area contributed by atoms with Gasteiger partial charge < -0.3 is 0 Å². The van der Waals surface area contributed by atoms with Crippen LogP contribution in [0.25, 0.3) is 110 Å². The van der Waals surface area contributed by atoms with Gasteiger partial charge in [0.2, 0.25) is 0 Å². The zero-order valence-electron chi connectivity index (χ0n) is 31.8. The van der Waals surface area contributed by atoms with E-state index in [0.29, 0.717) is 0 Å². The van der Waals surface area contributed by atoms with Crippen LogP contribution in [0.15, 0.2) is 224 Å². The van der Waals surface area contributed by atoms with E-state index in [9.17, 15) is 0 Å². The van der Waals surface area contributed by atoms with Crippen molar-refractivity contribution < 1.29 is 0 Å². The minimum atomic E-state index is 0.956. The van der Waals surface area contributed by atoms with Crippen LogP contribution in [0.4, 0.5) is 0 Å². The van der Waals surface area contributed by atoms with E-state index in [-0.39, 0.29) is 0 Å². The quantitative estimate of drug-likeness (QED) is 0.122. The lowest BCUT2D eigenvalue weighted by atomic mass is 9.83. The highest BCUT2D eigenvalue weighted by Crippen LogP contribution is 2.47. The van der Waals surface area contributed by atoms with Crippen LogP contribution in [-0.4, -0.2) is 4.98 Å². The van der Waals surface area contributed by atoms with Gasteiger partial charge in [0.05, 0.1) is 11.4 Å². The number of fused-ring (bicyclic) bond motifs is 5. The summed E-state index contributed by atoms with van der Waals surface area (Å²) in [6.45, 7) is 0. The van der Waals surface area contributed by atoms with Gasteiger partial charge in [0.15, 0.2) is 0 Å². The van der Waals surface area contributed by atoms with Gasteiger partial charge in [0.25, 0.3) is 0 Å². The van der Waals surface area contributed by atoms with Crippen molar-refractivity contribution in [1.29, 1.82) is 0 Å². The number of rotatable bonds is 6. The summed E-state index contributed by atoms with van der Waals surface area (Å²) in [5.41, 5.74) is 13.7. The number of nitrogens with zero attached hydrogens (tertiary/aromatic N) is 1. The number of benzene rings is 10. The molecule has 1 heterocycles. The lowest BCUT2D eigenvalue weighted by molar-refractivity contribution is 1.32. The zero-order chi connectivity index (χ0) is 38.4. The molecule has 0 radical (unpaired) electrons. The van der Waals surface area contributed by atoms with E-state index < -0.39 is 0 Å². The van der Waals surface area contributed by atoms with Crippen molar-refractivity contribution in [3.8, 4) is 67.0 Å². The van der Waals surface area contributed by atoms with Crippen molar-refractivity contribution in [1.82, 2.24) is 4.98 Å². The molecule has 0 unspecified atom stereocenters. The first-order chi connectivity index (χ1) is 28.8. The van der Waals surface area contributed by atoms with Gasteiger partial charge in [-0.3, -0.25) is 0 Å². The molecule has 0 amide bonds. The van der Waals surface area contributed by atoms with Crippen molar-refractivity contribution in [3.63, 3.8) is 0 Å². The van der Waals surface area contributed by atoms with Crippen LogP contribution in [0.1, 0.15) is 0 Å². The van der Waals surface area contributed by atoms with Crippen molar-refractivity contribution >= 4 is 43.1 Å². The minimum Gasteiger partial charge on any atom is -0.248 e. The summed E-state index contributed by atoms with van der Waals surface area (Å²) in [7, 11) is 0. The number of pyridine rings is 1. The maximum absolute atomic E-state index is 5.19. The van der Waals surface area contributed by atoms with Crippen LogP contribution in [0.5, 0.6) is 0 Å². The molecular formula is C57H37N. The molecule has 1 nitrogen and oxygen atoms in total. The van der Waals surface area contributed by atoms with Crippen LogP contribution in [-0.2, 0) is 0 Å². The molecule has 0 bridgehead atoms. The smallest absolute Gasteiger partial charge is 0.0715 e. The molecule has 11 rings (SSSR count). The second-order valence-electron chi connectivity index (χ2n) is 15.1. The predicted octanol–water partition coefficient (Wildman–Crippen LogP) is 15.7. The Kier molecular flexibility index (Phi) is 8.23. The fourth-order valence-electron chi connectivity index (χ4n) is 8.91. The van der Waals surface area contributed by atoms with E-state index in [2.05, 4.69) is 224 Å². The monoisotopic (exact) mass is 735 g/mol. The van der Waals surface area contributed by atoms with E-state index >= 15 is 0 Å². The Morgan fingerprint density at radius 2 is 0.655 bits per heavy atom. The number of aromatic nitrogens is 1. The third-order valence-electron chi connectivity index (χ3n) is 11.6. The molecule has 58 heavy (non-hydrogen) atoms. The first kappa shape index (κ1) is 33.7. The number of hydrogen-bond acceptors (Lipinski definition) is 1. The molecule has 0 aliphatic carbocycles. The third kappa shape index (κ3) is 5.84. The van der Waals surface area contributed by atoms with Gasteiger partial charge in [-0.2, -0.15) is 0 Å². The standard InChI is InChI=1S/C57H37N/c1-5-17-38(18-6-1)54-36-45(37-55(58-54)39-19-7-2-8-20-39)42-29-31-49-52(33-42)56(40-21-9-3-10-22-40)50-32-30-44(35-53(50)57(49)41-23-11-4-12-24-41)51-34-43-25-13-14-26-46(43)47-27-15-16-28-48(47)51/h1-37H. The Bertz CT molecular complexity index is 3240. The molecule has 10 aromatic carbocycles. The highest BCUT2D eigenvalue weighted by Gasteiger charge is 2.20. The lowest BCUT2D eigenvalue weighted by Crippen LogP contribution is -1.94. The van der Waals surface area contributed by atoms with Crippen LogP contribution < -0.4 is 0 Å². The summed E-state index contributed by atoms with van der Waals surface area (Å²) in [6.07, 6.45) is 0. The van der Waals surface area contributed by atoms with Gasteiger partial charge >= 0.3 is 0 Å². The molecule has 0 N–H and O–H groups in total. The highest BCUT2D eigenvalue weighted by molar-refractivity contribution is 6.23. The molecule has 0 spiro atoms. The van der Waals surface area contributed by atoms with Crippen LogP contribution in [0.3, 0.4) is 0 Å². The van der Waals surface area contributed by atoms with Crippen LogP contribution in [0, 0.1) is 0 Å². The Labute approximate surface area is 338 Å². The second-order valence-corrected chi connectivity index (χ2v) is 15.1. The molecule has 0 saturated heterocycles. The maximum Gasteiger partial charge on any atom is 0.0715 e. The molecule has 1 aromatic heterocycles. The topological polar surface area (TPSA) is 12.9 Å². The van der Waals surface area contributed by atoms with E-state index in [0.717, 1.165) is 33.6 Å². The maximum atomic E-state index is 5.19. The molecule has 0 saturated carbocycles. The Morgan fingerprint density at radius 1 is 0.224 bits per heavy atom. The van der Waals surface area contributed by atoms with E-state index in [4.69, 9.17) is 4.98 Å². The molecular weight excluding hydrogens is 699 g/mol. The largest absolute Gasteiger partial charge is 0.248 e. The SMILES string of the molecule is c1ccc(-c2cc(-c3ccc4c(-c5ccccc5)c5cc(-c6cc7ccccc7c7ccccc67)ccc5c(-c5ccccc5)c4c3)cc(-c3ccccc3)n2)cc1. The first-order valence-electron chi connectivity index (χ1n) is 20.0. The van der Waals surface area contributed by atoms with Gasteiger partial charge in [-0.15, -0.1) is 0 Å². The molecule has 0 fully saturated rings. The summed E-state index contributed by atoms with van der Waals surface area (Å²) in [6, 6.07) is 81.4. The molecule has 11 aromatic rings. The van der Waals surface area contributed by atoms with Crippen molar-refractivity contribution in [3.05, 3.63) is 224 Å². The van der Waals surface area contributed by atoms with Gasteiger partial charge in [0.1, 0.15) is 0 Å². The summed E-state index contributed by atoms with van der Waals surface area (Å²) in [4.78, 5) is 5.19. The first-order valence-corrected chi connectivity index (χ1v) is 20.0.